The number of rotatable bonds is 8. The van der Waals surface area contributed by atoms with Crippen LogP contribution in [0.3, 0.4) is 0 Å². The van der Waals surface area contributed by atoms with Gasteiger partial charge >= 0.3 is 5.97 Å². The average molecular weight is 264 g/mol. The number of Topliss-reactive ketones (excluding diaryl/α,β-unsaturated/α-hetero) is 1. The molecule has 1 heterocycles. The molecule has 1 aromatic rings. The summed E-state index contributed by atoms with van der Waals surface area (Å²) in [5, 5.41) is 0. The number of pyridine rings is 1. The van der Waals surface area contributed by atoms with E-state index in [2.05, 4.69) is 4.98 Å². The van der Waals surface area contributed by atoms with E-state index in [0.717, 1.165) is 5.69 Å². The van der Waals surface area contributed by atoms with Crippen LogP contribution in [0.4, 0.5) is 0 Å². The Morgan fingerprint density at radius 1 is 1.32 bits per heavy atom. The molecule has 0 amide bonds. The minimum Gasteiger partial charge on any atom is -0.466 e. The second-order valence-corrected chi connectivity index (χ2v) is 4.34. The van der Waals surface area contributed by atoms with E-state index in [1.807, 2.05) is 30.1 Å². The Balaban J connectivity index is 2.26. The molecule has 19 heavy (non-hydrogen) atoms. The zero-order valence-electron chi connectivity index (χ0n) is 11.5. The molecule has 1 aromatic heterocycles. The lowest BCUT2D eigenvalue weighted by molar-refractivity contribution is -0.144. The Morgan fingerprint density at radius 3 is 2.74 bits per heavy atom. The van der Waals surface area contributed by atoms with E-state index in [4.69, 9.17) is 4.74 Å². The van der Waals surface area contributed by atoms with E-state index in [1.165, 1.54) is 0 Å². The van der Waals surface area contributed by atoms with Gasteiger partial charge in [-0.1, -0.05) is 6.07 Å². The quantitative estimate of drug-likeness (QED) is 0.665. The van der Waals surface area contributed by atoms with Crippen LogP contribution in [-0.4, -0.2) is 41.8 Å². The van der Waals surface area contributed by atoms with Crippen LogP contribution in [0.25, 0.3) is 0 Å². The lowest BCUT2D eigenvalue weighted by Crippen LogP contribution is -2.26. The monoisotopic (exact) mass is 264 g/mol. The topological polar surface area (TPSA) is 59.5 Å². The molecule has 1 rings (SSSR count). The summed E-state index contributed by atoms with van der Waals surface area (Å²) in [5.74, 6) is -0.283. The molecule has 0 aliphatic carbocycles. The number of esters is 1. The molecule has 0 saturated carbocycles. The Morgan fingerprint density at radius 2 is 2.11 bits per heavy atom. The van der Waals surface area contributed by atoms with Crippen LogP contribution in [0.5, 0.6) is 0 Å². The molecular formula is C14H20N2O3. The smallest absolute Gasteiger partial charge is 0.306 e. The molecule has 0 aliphatic rings. The number of nitrogens with zero attached hydrogens (tertiary/aromatic N) is 2. The number of ketones is 1. The molecule has 0 N–H and O–H groups in total. The maximum absolute atomic E-state index is 11.7. The molecule has 0 bridgehead atoms. The highest BCUT2D eigenvalue weighted by Crippen LogP contribution is 2.01. The van der Waals surface area contributed by atoms with Crippen molar-refractivity contribution in [1.29, 1.82) is 0 Å². The summed E-state index contributed by atoms with van der Waals surface area (Å²) in [6.45, 7) is 3.04. The molecule has 0 radical (unpaired) electrons. The van der Waals surface area contributed by atoms with E-state index in [1.54, 1.807) is 13.1 Å². The summed E-state index contributed by atoms with van der Waals surface area (Å²) in [4.78, 5) is 28.9. The van der Waals surface area contributed by atoms with Crippen molar-refractivity contribution in [2.75, 3.05) is 20.2 Å². The van der Waals surface area contributed by atoms with Gasteiger partial charge in [-0.15, -0.1) is 0 Å². The molecule has 104 valence electrons. The molecule has 0 fully saturated rings. The standard InChI is InChI=1S/C14H20N2O3/c1-3-19-14(18)8-7-13(17)11-16(2)10-12-6-4-5-9-15-12/h4-6,9H,3,7-8,10-11H2,1-2H3. The van der Waals surface area contributed by atoms with E-state index in [-0.39, 0.29) is 24.6 Å². The lowest BCUT2D eigenvalue weighted by Gasteiger charge is -2.14. The number of hydrogen-bond donors (Lipinski definition) is 0. The molecule has 0 atom stereocenters. The van der Waals surface area contributed by atoms with Gasteiger partial charge in [0.25, 0.3) is 0 Å². The van der Waals surface area contributed by atoms with Crippen LogP contribution >= 0.6 is 0 Å². The first kappa shape index (κ1) is 15.3. The van der Waals surface area contributed by atoms with Crippen LogP contribution in [0.1, 0.15) is 25.5 Å². The first-order chi connectivity index (χ1) is 9.11. The fraction of sp³-hybridized carbons (Fsp3) is 0.500. The first-order valence-corrected chi connectivity index (χ1v) is 6.37. The van der Waals surface area contributed by atoms with Crippen molar-refractivity contribution < 1.29 is 14.3 Å². The molecule has 0 aliphatic heterocycles. The number of carbonyl (C=O) groups excluding carboxylic acids is 2. The maximum Gasteiger partial charge on any atom is 0.306 e. The lowest BCUT2D eigenvalue weighted by atomic mass is 10.2. The highest BCUT2D eigenvalue weighted by atomic mass is 16.5. The average Bonchev–Trinajstić information content (AvgIpc) is 2.38. The summed E-state index contributed by atoms with van der Waals surface area (Å²) in [7, 11) is 1.86. The second-order valence-electron chi connectivity index (χ2n) is 4.34. The van der Waals surface area contributed by atoms with Gasteiger partial charge in [-0.25, -0.2) is 0 Å². The summed E-state index contributed by atoms with van der Waals surface area (Å²) in [5.41, 5.74) is 0.920. The van der Waals surface area contributed by atoms with E-state index >= 15 is 0 Å². The van der Waals surface area contributed by atoms with Crippen molar-refractivity contribution in [3.8, 4) is 0 Å². The number of likely N-dealkylation sites (N-methyl/N-ethyl adjacent to an activating group) is 1. The van der Waals surface area contributed by atoms with Gasteiger partial charge in [-0.05, 0) is 26.1 Å². The molecule has 0 unspecified atom stereocenters. The van der Waals surface area contributed by atoms with Gasteiger partial charge in [-0.3, -0.25) is 19.5 Å². The summed E-state index contributed by atoms with van der Waals surface area (Å²) < 4.78 is 4.78. The third-order valence-corrected chi connectivity index (χ3v) is 2.52. The molecule has 0 aromatic carbocycles. The third-order valence-electron chi connectivity index (χ3n) is 2.52. The van der Waals surface area contributed by atoms with E-state index in [0.29, 0.717) is 19.7 Å². The van der Waals surface area contributed by atoms with Crippen LogP contribution in [0.15, 0.2) is 24.4 Å². The summed E-state index contributed by atoms with van der Waals surface area (Å²) in [6.07, 6.45) is 2.11. The molecule has 5 heteroatoms. The van der Waals surface area contributed by atoms with Gasteiger partial charge in [0.2, 0.25) is 0 Å². The number of carbonyl (C=O) groups is 2. The van der Waals surface area contributed by atoms with Gasteiger partial charge in [0.05, 0.1) is 25.3 Å². The van der Waals surface area contributed by atoms with Crippen LogP contribution < -0.4 is 0 Å². The fourth-order valence-corrected chi connectivity index (χ4v) is 1.68. The summed E-state index contributed by atoms with van der Waals surface area (Å²) >= 11 is 0. The fourth-order valence-electron chi connectivity index (χ4n) is 1.68. The van der Waals surface area contributed by atoms with Crippen molar-refractivity contribution >= 4 is 11.8 Å². The minimum absolute atomic E-state index is 0.0338. The van der Waals surface area contributed by atoms with Crippen LogP contribution in [0.2, 0.25) is 0 Å². The maximum atomic E-state index is 11.7. The summed E-state index contributed by atoms with van der Waals surface area (Å²) in [6, 6.07) is 5.69. The molecule has 0 spiro atoms. The van der Waals surface area contributed by atoms with Gasteiger partial charge in [0.1, 0.15) is 5.78 Å². The molecular weight excluding hydrogens is 244 g/mol. The Kier molecular flexibility index (Phi) is 6.74. The van der Waals surface area contributed by atoms with Gasteiger partial charge < -0.3 is 4.74 Å². The predicted molar refractivity (Wildman–Crippen MR) is 71.4 cm³/mol. The Bertz CT molecular complexity index is 406. The van der Waals surface area contributed by atoms with Crippen molar-refractivity contribution in [3.05, 3.63) is 30.1 Å². The molecule has 0 saturated heterocycles. The Labute approximate surface area is 113 Å². The third kappa shape index (κ3) is 6.67. The number of ether oxygens (including phenoxy) is 1. The first-order valence-electron chi connectivity index (χ1n) is 6.37. The normalized spacial score (nSPS) is 10.5. The number of hydrogen-bond acceptors (Lipinski definition) is 5. The predicted octanol–water partition coefficient (Wildman–Crippen LogP) is 1.43. The zero-order valence-corrected chi connectivity index (χ0v) is 11.5. The van der Waals surface area contributed by atoms with Crippen molar-refractivity contribution in [3.63, 3.8) is 0 Å². The van der Waals surface area contributed by atoms with Gasteiger partial charge in [0.15, 0.2) is 0 Å². The van der Waals surface area contributed by atoms with Gasteiger partial charge in [-0.2, -0.15) is 0 Å². The minimum atomic E-state index is -0.316. The van der Waals surface area contributed by atoms with Crippen molar-refractivity contribution in [2.24, 2.45) is 0 Å². The molecule has 5 nitrogen and oxygen atoms in total. The highest BCUT2D eigenvalue weighted by Gasteiger charge is 2.10. The highest BCUT2D eigenvalue weighted by molar-refractivity contribution is 5.84. The zero-order chi connectivity index (χ0) is 14.1. The number of aromatic nitrogens is 1. The SMILES string of the molecule is CCOC(=O)CCC(=O)CN(C)Cc1ccccn1. The van der Waals surface area contributed by atoms with Crippen LogP contribution in [-0.2, 0) is 20.9 Å². The van der Waals surface area contributed by atoms with E-state index < -0.39 is 0 Å². The van der Waals surface area contributed by atoms with Crippen molar-refractivity contribution in [2.45, 2.75) is 26.3 Å². The largest absolute Gasteiger partial charge is 0.466 e. The van der Waals surface area contributed by atoms with Crippen LogP contribution in [0, 0.1) is 0 Å². The Hall–Kier alpha value is -1.75. The van der Waals surface area contributed by atoms with Crippen molar-refractivity contribution in [1.82, 2.24) is 9.88 Å². The van der Waals surface area contributed by atoms with Gasteiger partial charge in [0, 0.05) is 19.2 Å². The second kappa shape index (κ2) is 8.37. The van der Waals surface area contributed by atoms with E-state index in [9.17, 15) is 9.59 Å².